The van der Waals surface area contributed by atoms with Gasteiger partial charge in [0.1, 0.15) is 5.75 Å². The third-order valence-corrected chi connectivity index (χ3v) is 8.29. The van der Waals surface area contributed by atoms with Crippen molar-refractivity contribution in [3.8, 4) is 16.9 Å². The summed E-state index contributed by atoms with van der Waals surface area (Å²) in [6, 6.07) is 12.8. The molecule has 3 aromatic rings. The molecule has 9 heteroatoms. The summed E-state index contributed by atoms with van der Waals surface area (Å²) in [7, 11) is 0. The molecule has 1 heterocycles. The molecule has 1 aromatic heterocycles. The fourth-order valence-corrected chi connectivity index (χ4v) is 6.32. The van der Waals surface area contributed by atoms with E-state index in [4.69, 9.17) is 9.84 Å². The van der Waals surface area contributed by atoms with Crippen LogP contribution in [0.15, 0.2) is 48.5 Å². The van der Waals surface area contributed by atoms with Gasteiger partial charge in [-0.25, -0.2) is 0 Å². The molecule has 0 unspecified atom stereocenters. The van der Waals surface area contributed by atoms with Crippen molar-refractivity contribution < 1.29 is 32.6 Å². The molecule has 0 fully saturated rings. The maximum atomic E-state index is 13.0. The van der Waals surface area contributed by atoms with Crippen LogP contribution < -0.4 is 10.1 Å². The molecule has 40 heavy (non-hydrogen) atoms. The number of hydrogen-bond donors (Lipinski definition) is 2. The molecule has 0 saturated heterocycles. The number of carbonyl (C=O) groups excluding carboxylic acids is 1. The SMILES string of the molecule is CCCC(CCC)(COc1cc(C)c(-c2ccc(C(F)(F)F)cc2)c(C)c1)c1ccc(C(=O)NCCC(=O)O)s1. The van der Waals surface area contributed by atoms with Crippen molar-refractivity contribution in [2.45, 2.75) is 71.4 Å². The van der Waals surface area contributed by atoms with E-state index in [9.17, 15) is 22.8 Å². The van der Waals surface area contributed by atoms with E-state index in [0.29, 0.717) is 22.8 Å². The first kappa shape index (κ1) is 31.2. The largest absolute Gasteiger partial charge is 0.493 e. The van der Waals surface area contributed by atoms with Gasteiger partial charge in [-0.2, -0.15) is 13.2 Å². The molecule has 0 spiro atoms. The second kappa shape index (κ2) is 13.4. The predicted molar refractivity (Wildman–Crippen MR) is 152 cm³/mol. The van der Waals surface area contributed by atoms with Crippen molar-refractivity contribution in [1.29, 1.82) is 0 Å². The summed E-state index contributed by atoms with van der Waals surface area (Å²) >= 11 is 1.41. The molecule has 2 aromatic carbocycles. The summed E-state index contributed by atoms with van der Waals surface area (Å²) in [4.78, 5) is 24.9. The van der Waals surface area contributed by atoms with Crippen LogP contribution in [0.1, 0.15) is 77.2 Å². The van der Waals surface area contributed by atoms with E-state index in [2.05, 4.69) is 19.2 Å². The highest BCUT2D eigenvalue weighted by molar-refractivity contribution is 7.14. The van der Waals surface area contributed by atoms with E-state index in [-0.39, 0.29) is 24.3 Å². The molecule has 0 atom stereocenters. The smallest absolute Gasteiger partial charge is 0.416 e. The number of amides is 1. The number of aliphatic carboxylic acids is 1. The maximum absolute atomic E-state index is 13.0. The number of aryl methyl sites for hydroxylation is 2. The number of hydrogen-bond acceptors (Lipinski definition) is 4. The van der Waals surface area contributed by atoms with Crippen LogP contribution in [0, 0.1) is 13.8 Å². The van der Waals surface area contributed by atoms with Gasteiger partial charge in [-0.3, -0.25) is 9.59 Å². The molecule has 0 aliphatic rings. The van der Waals surface area contributed by atoms with Crippen LogP contribution in [0.2, 0.25) is 0 Å². The Labute approximate surface area is 237 Å². The first-order valence-electron chi connectivity index (χ1n) is 13.4. The van der Waals surface area contributed by atoms with Crippen molar-refractivity contribution in [2.75, 3.05) is 13.2 Å². The molecule has 0 aliphatic carbocycles. The van der Waals surface area contributed by atoms with Gasteiger partial charge in [0, 0.05) is 16.8 Å². The minimum Gasteiger partial charge on any atom is -0.493 e. The third-order valence-electron chi connectivity index (χ3n) is 6.96. The zero-order chi connectivity index (χ0) is 29.5. The van der Waals surface area contributed by atoms with E-state index in [0.717, 1.165) is 59.4 Å². The van der Waals surface area contributed by atoms with E-state index in [1.54, 1.807) is 6.07 Å². The Bertz CT molecular complexity index is 1290. The molecule has 216 valence electrons. The molecule has 1 amide bonds. The number of carboxylic acids is 1. The van der Waals surface area contributed by atoms with Crippen molar-refractivity contribution >= 4 is 23.2 Å². The van der Waals surface area contributed by atoms with Gasteiger partial charge in [0.05, 0.1) is 23.5 Å². The van der Waals surface area contributed by atoms with Crippen LogP contribution in [0.25, 0.3) is 11.1 Å². The Kier molecular flexibility index (Phi) is 10.4. The van der Waals surface area contributed by atoms with Crippen molar-refractivity contribution in [1.82, 2.24) is 5.32 Å². The minimum atomic E-state index is -4.38. The van der Waals surface area contributed by atoms with E-state index in [1.807, 2.05) is 32.0 Å². The molecule has 0 aliphatic heterocycles. The summed E-state index contributed by atoms with van der Waals surface area (Å²) in [6.45, 7) is 8.56. The first-order valence-corrected chi connectivity index (χ1v) is 14.2. The number of halogens is 3. The first-order chi connectivity index (χ1) is 18.9. The van der Waals surface area contributed by atoms with Gasteiger partial charge in [0.25, 0.3) is 5.91 Å². The van der Waals surface area contributed by atoms with Gasteiger partial charge in [-0.05, 0) is 85.3 Å². The van der Waals surface area contributed by atoms with Crippen LogP contribution in [-0.4, -0.2) is 30.1 Å². The van der Waals surface area contributed by atoms with E-state index < -0.39 is 17.7 Å². The lowest BCUT2D eigenvalue weighted by atomic mass is 9.78. The molecular weight excluding hydrogens is 539 g/mol. The summed E-state index contributed by atoms with van der Waals surface area (Å²) in [5.41, 5.74) is 2.43. The highest BCUT2D eigenvalue weighted by atomic mass is 32.1. The Morgan fingerprint density at radius 3 is 2.08 bits per heavy atom. The average molecular weight is 576 g/mol. The second-order valence-electron chi connectivity index (χ2n) is 10.1. The van der Waals surface area contributed by atoms with Crippen molar-refractivity contribution in [3.63, 3.8) is 0 Å². The van der Waals surface area contributed by atoms with Crippen LogP contribution in [-0.2, 0) is 16.4 Å². The van der Waals surface area contributed by atoms with Crippen molar-refractivity contribution in [2.24, 2.45) is 0 Å². The lowest BCUT2D eigenvalue weighted by Crippen LogP contribution is -2.32. The lowest BCUT2D eigenvalue weighted by Gasteiger charge is -2.33. The van der Waals surface area contributed by atoms with Gasteiger partial charge in [0.2, 0.25) is 0 Å². The van der Waals surface area contributed by atoms with Crippen LogP contribution in [0.3, 0.4) is 0 Å². The number of thiophene rings is 1. The van der Waals surface area contributed by atoms with Gasteiger partial charge in [-0.15, -0.1) is 11.3 Å². The Hall–Kier alpha value is -3.33. The lowest BCUT2D eigenvalue weighted by molar-refractivity contribution is -0.138. The highest BCUT2D eigenvalue weighted by Gasteiger charge is 2.34. The summed E-state index contributed by atoms with van der Waals surface area (Å²) in [5.74, 6) is -0.567. The maximum Gasteiger partial charge on any atom is 0.416 e. The van der Waals surface area contributed by atoms with Crippen LogP contribution >= 0.6 is 11.3 Å². The fourth-order valence-electron chi connectivity index (χ4n) is 5.17. The quantitative estimate of drug-likeness (QED) is 0.216. The molecule has 5 nitrogen and oxygen atoms in total. The predicted octanol–water partition coefficient (Wildman–Crippen LogP) is 8.17. The summed E-state index contributed by atoms with van der Waals surface area (Å²) in [6.07, 6.45) is -0.939. The number of rotatable bonds is 13. The van der Waals surface area contributed by atoms with Crippen molar-refractivity contribution in [3.05, 3.63) is 75.0 Å². The Balaban J connectivity index is 1.83. The average Bonchev–Trinajstić information content (AvgIpc) is 3.38. The summed E-state index contributed by atoms with van der Waals surface area (Å²) < 4.78 is 45.4. The number of carbonyl (C=O) groups is 2. The Morgan fingerprint density at radius 1 is 0.950 bits per heavy atom. The molecule has 0 saturated carbocycles. The number of ether oxygens (including phenoxy) is 1. The van der Waals surface area contributed by atoms with Gasteiger partial charge in [-0.1, -0.05) is 38.8 Å². The van der Waals surface area contributed by atoms with Gasteiger partial charge in [0.15, 0.2) is 0 Å². The highest BCUT2D eigenvalue weighted by Crippen LogP contribution is 2.40. The zero-order valence-electron chi connectivity index (χ0n) is 23.3. The summed E-state index contributed by atoms with van der Waals surface area (Å²) in [5, 5.41) is 11.5. The zero-order valence-corrected chi connectivity index (χ0v) is 24.1. The number of benzene rings is 2. The number of alkyl halides is 3. The molecular formula is C31H36F3NO4S. The van der Waals surface area contributed by atoms with Gasteiger partial charge >= 0.3 is 12.1 Å². The monoisotopic (exact) mass is 575 g/mol. The molecule has 0 radical (unpaired) electrons. The van der Waals surface area contributed by atoms with Crippen LogP contribution in [0.4, 0.5) is 13.2 Å². The topological polar surface area (TPSA) is 75.6 Å². The molecule has 2 N–H and O–H groups in total. The van der Waals surface area contributed by atoms with Gasteiger partial charge < -0.3 is 15.2 Å². The normalized spacial score (nSPS) is 11.9. The second-order valence-corrected chi connectivity index (χ2v) is 11.2. The molecule has 3 rings (SSSR count). The standard InChI is InChI=1S/C31H36F3NO4S/c1-5-14-30(15-6-2,26-12-11-25(40-26)29(38)35-16-13-27(36)37)19-39-24-17-20(3)28(21(4)18-24)22-7-9-23(10-8-22)31(32,33)34/h7-12,17-18H,5-6,13-16,19H2,1-4H3,(H,35,38)(H,36,37). The van der Waals surface area contributed by atoms with Crippen LogP contribution in [0.5, 0.6) is 5.75 Å². The fraction of sp³-hybridized carbons (Fsp3) is 0.419. The Morgan fingerprint density at radius 2 is 1.55 bits per heavy atom. The van der Waals surface area contributed by atoms with E-state index >= 15 is 0 Å². The van der Waals surface area contributed by atoms with E-state index in [1.165, 1.54) is 23.5 Å². The third kappa shape index (κ3) is 7.65. The number of carboxylic acid groups (broad SMARTS) is 1. The molecule has 0 bridgehead atoms. The number of nitrogens with one attached hydrogen (secondary N) is 1. The minimum absolute atomic E-state index is 0.0702.